The Morgan fingerprint density at radius 2 is 2.26 bits per heavy atom. The lowest BCUT2D eigenvalue weighted by molar-refractivity contribution is 0.152. The van der Waals surface area contributed by atoms with Gasteiger partial charge in [-0.25, -0.2) is 4.98 Å². The van der Waals surface area contributed by atoms with E-state index in [4.69, 9.17) is 5.73 Å². The molecule has 0 bridgehead atoms. The minimum Gasteiger partial charge on any atom is -0.374 e. The van der Waals surface area contributed by atoms with Crippen molar-refractivity contribution in [3.05, 3.63) is 11.2 Å². The molecule has 1 unspecified atom stereocenters. The van der Waals surface area contributed by atoms with Crippen LogP contribution in [-0.2, 0) is 6.54 Å². The van der Waals surface area contributed by atoms with Gasteiger partial charge < -0.3 is 5.73 Å². The fourth-order valence-electron chi connectivity index (χ4n) is 2.38. The van der Waals surface area contributed by atoms with Gasteiger partial charge >= 0.3 is 0 Å². The SMILES string of the molecule is CC1CCCCN1Cc1ncc(-c2nnc(N)s2)s1. The highest BCUT2D eigenvalue weighted by atomic mass is 32.1. The summed E-state index contributed by atoms with van der Waals surface area (Å²) in [5.41, 5.74) is 5.61. The molecule has 0 aliphatic carbocycles. The van der Waals surface area contributed by atoms with Crippen LogP contribution in [0.1, 0.15) is 31.2 Å². The Labute approximate surface area is 120 Å². The van der Waals surface area contributed by atoms with E-state index < -0.39 is 0 Å². The Morgan fingerprint density at radius 3 is 3.00 bits per heavy atom. The van der Waals surface area contributed by atoms with Crippen LogP contribution in [0.25, 0.3) is 9.88 Å². The van der Waals surface area contributed by atoms with Gasteiger partial charge in [0, 0.05) is 12.2 Å². The lowest BCUT2D eigenvalue weighted by Gasteiger charge is -2.32. The molecule has 0 saturated carbocycles. The van der Waals surface area contributed by atoms with Crippen molar-refractivity contribution in [3.8, 4) is 9.88 Å². The third-order valence-electron chi connectivity index (χ3n) is 3.48. The Kier molecular flexibility index (Phi) is 3.76. The van der Waals surface area contributed by atoms with Crippen LogP contribution in [-0.4, -0.2) is 32.7 Å². The summed E-state index contributed by atoms with van der Waals surface area (Å²) in [6, 6.07) is 0.665. The standard InChI is InChI=1S/C12H17N5S2/c1-8-4-2-3-5-17(8)7-10-14-6-9(18-10)11-15-16-12(13)19-11/h6,8H,2-5,7H2,1H3,(H2,13,16). The smallest absolute Gasteiger partial charge is 0.203 e. The molecule has 0 aromatic carbocycles. The van der Waals surface area contributed by atoms with Crippen LogP contribution in [0.4, 0.5) is 5.13 Å². The minimum atomic E-state index is 0.509. The number of rotatable bonds is 3. The molecule has 1 atom stereocenters. The highest BCUT2D eigenvalue weighted by Gasteiger charge is 2.19. The molecule has 7 heteroatoms. The molecule has 0 amide bonds. The summed E-state index contributed by atoms with van der Waals surface area (Å²) in [7, 11) is 0. The molecule has 2 N–H and O–H groups in total. The summed E-state index contributed by atoms with van der Waals surface area (Å²) >= 11 is 3.11. The van der Waals surface area contributed by atoms with Crippen molar-refractivity contribution in [1.82, 2.24) is 20.1 Å². The van der Waals surface area contributed by atoms with E-state index in [1.165, 1.54) is 37.1 Å². The Morgan fingerprint density at radius 1 is 1.37 bits per heavy atom. The summed E-state index contributed by atoms with van der Waals surface area (Å²) < 4.78 is 0. The third kappa shape index (κ3) is 2.93. The maximum atomic E-state index is 5.61. The number of hydrogen-bond donors (Lipinski definition) is 1. The van der Waals surface area contributed by atoms with E-state index in [9.17, 15) is 0 Å². The molecule has 0 spiro atoms. The minimum absolute atomic E-state index is 0.509. The van der Waals surface area contributed by atoms with E-state index >= 15 is 0 Å². The molecule has 5 nitrogen and oxygen atoms in total. The normalized spacial score (nSPS) is 20.8. The number of nitrogen functional groups attached to an aromatic ring is 1. The van der Waals surface area contributed by atoms with E-state index in [0.29, 0.717) is 11.2 Å². The molecule has 2 aromatic heterocycles. The average molecular weight is 295 g/mol. The summed E-state index contributed by atoms with van der Waals surface area (Å²) in [5.74, 6) is 0. The maximum Gasteiger partial charge on any atom is 0.203 e. The van der Waals surface area contributed by atoms with Gasteiger partial charge in [0.2, 0.25) is 5.13 Å². The molecule has 3 heterocycles. The van der Waals surface area contributed by atoms with Crippen LogP contribution >= 0.6 is 22.7 Å². The molecule has 19 heavy (non-hydrogen) atoms. The van der Waals surface area contributed by atoms with E-state index in [0.717, 1.165) is 21.4 Å². The molecule has 1 aliphatic rings. The van der Waals surface area contributed by atoms with Gasteiger partial charge in [-0.05, 0) is 26.3 Å². The van der Waals surface area contributed by atoms with Gasteiger partial charge in [0.1, 0.15) is 5.01 Å². The third-order valence-corrected chi connectivity index (χ3v) is 5.39. The summed E-state index contributed by atoms with van der Waals surface area (Å²) in [5, 5.41) is 10.4. The quantitative estimate of drug-likeness (QED) is 0.942. The molecular formula is C12H17N5S2. The zero-order valence-electron chi connectivity index (χ0n) is 10.9. The fraction of sp³-hybridized carbons (Fsp3) is 0.583. The second-order valence-corrected chi connectivity index (χ2v) is 7.00. The molecule has 1 aliphatic heterocycles. The molecule has 1 fully saturated rings. The van der Waals surface area contributed by atoms with Crippen molar-refractivity contribution >= 4 is 27.8 Å². The fourth-order valence-corrected chi connectivity index (χ4v) is 3.97. The number of nitrogens with two attached hydrogens (primary N) is 1. The first-order valence-corrected chi connectivity index (χ1v) is 8.14. The van der Waals surface area contributed by atoms with E-state index in [1.807, 2.05) is 6.20 Å². The first-order valence-electron chi connectivity index (χ1n) is 6.50. The van der Waals surface area contributed by atoms with Gasteiger partial charge in [-0.1, -0.05) is 17.8 Å². The van der Waals surface area contributed by atoms with Crippen molar-refractivity contribution in [3.63, 3.8) is 0 Å². The zero-order valence-corrected chi connectivity index (χ0v) is 12.5. The van der Waals surface area contributed by atoms with Crippen molar-refractivity contribution in [1.29, 1.82) is 0 Å². The number of nitrogens with zero attached hydrogens (tertiary/aromatic N) is 4. The largest absolute Gasteiger partial charge is 0.374 e. The monoisotopic (exact) mass is 295 g/mol. The molecular weight excluding hydrogens is 278 g/mol. The maximum absolute atomic E-state index is 5.61. The second kappa shape index (κ2) is 5.52. The first-order chi connectivity index (χ1) is 9.22. The van der Waals surface area contributed by atoms with Gasteiger partial charge in [0.25, 0.3) is 0 Å². The molecule has 3 rings (SSSR count). The van der Waals surface area contributed by atoms with Gasteiger partial charge in [-0.3, -0.25) is 4.90 Å². The number of likely N-dealkylation sites (tertiary alicyclic amines) is 1. The summed E-state index contributed by atoms with van der Waals surface area (Å²) in [6.45, 7) is 4.43. The number of aromatic nitrogens is 3. The predicted octanol–water partition coefficient (Wildman–Crippen LogP) is 2.62. The van der Waals surface area contributed by atoms with Crippen LogP contribution in [0.3, 0.4) is 0 Å². The number of hydrogen-bond acceptors (Lipinski definition) is 7. The van der Waals surface area contributed by atoms with Crippen LogP contribution in [0.2, 0.25) is 0 Å². The molecule has 102 valence electrons. The highest BCUT2D eigenvalue weighted by molar-refractivity contribution is 7.23. The Bertz CT molecular complexity index is 550. The zero-order chi connectivity index (χ0) is 13.2. The van der Waals surface area contributed by atoms with Crippen molar-refractivity contribution < 1.29 is 0 Å². The highest BCUT2D eigenvalue weighted by Crippen LogP contribution is 2.30. The number of thiazole rings is 1. The van der Waals surface area contributed by atoms with Gasteiger partial charge in [-0.2, -0.15) is 0 Å². The van der Waals surface area contributed by atoms with Crippen molar-refractivity contribution in [2.24, 2.45) is 0 Å². The number of piperidine rings is 1. The van der Waals surface area contributed by atoms with Crippen molar-refractivity contribution in [2.75, 3.05) is 12.3 Å². The Hall–Kier alpha value is -1.05. The predicted molar refractivity (Wildman–Crippen MR) is 79.2 cm³/mol. The van der Waals surface area contributed by atoms with Crippen LogP contribution in [0.15, 0.2) is 6.20 Å². The number of anilines is 1. The topological polar surface area (TPSA) is 67.9 Å². The first kappa shape index (κ1) is 13.0. The van der Waals surface area contributed by atoms with E-state index in [2.05, 4.69) is 27.0 Å². The van der Waals surface area contributed by atoms with Crippen molar-refractivity contribution in [2.45, 2.75) is 38.8 Å². The lowest BCUT2D eigenvalue weighted by Crippen LogP contribution is -2.36. The Balaban J connectivity index is 1.71. The summed E-state index contributed by atoms with van der Waals surface area (Å²) in [6.07, 6.45) is 5.83. The average Bonchev–Trinajstić information content (AvgIpc) is 3.01. The van der Waals surface area contributed by atoms with E-state index in [-0.39, 0.29) is 0 Å². The molecule has 0 radical (unpaired) electrons. The lowest BCUT2D eigenvalue weighted by atomic mass is 10.0. The van der Waals surface area contributed by atoms with Gasteiger partial charge in [0.05, 0.1) is 11.4 Å². The van der Waals surface area contributed by atoms with Gasteiger partial charge in [-0.15, -0.1) is 21.5 Å². The van der Waals surface area contributed by atoms with Crippen LogP contribution < -0.4 is 5.73 Å². The molecule has 1 saturated heterocycles. The van der Waals surface area contributed by atoms with Crippen LogP contribution in [0, 0.1) is 0 Å². The second-order valence-electron chi connectivity index (χ2n) is 4.88. The molecule has 2 aromatic rings. The van der Waals surface area contributed by atoms with Crippen LogP contribution in [0.5, 0.6) is 0 Å². The summed E-state index contributed by atoms with van der Waals surface area (Å²) in [4.78, 5) is 8.08. The van der Waals surface area contributed by atoms with Gasteiger partial charge in [0.15, 0.2) is 5.01 Å². The van der Waals surface area contributed by atoms with E-state index in [1.54, 1.807) is 11.3 Å².